The molecule has 1 aliphatic heterocycles. The van der Waals surface area contributed by atoms with Crippen molar-refractivity contribution in [3.05, 3.63) is 12.2 Å². The zero-order valence-electron chi connectivity index (χ0n) is 28.4. The molecule has 0 amide bonds. The minimum absolute atomic E-state index is 0.0783. The molecule has 6 aliphatic rings. The monoisotopic (exact) mass is 650 g/mol. The van der Waals surface area contributed by atoms with Gasteiger partial charge in [0.1, 0.15) is 24.4 Å². The van der Waals surface area contributed by atoms with Crippen LogP contribution in [0.25, 0.3) is 0 Å². The van der Waals surface area contributed by atoms with E-state index < -0.39 is 72.4 Å². The first-order valence-corrected chi connectivity index (χ1v) is 17.5. The maximum atomic E-state index is 14.4. The van der Waals surface area contributed by atoms with E-state index in [1.54, 1.807) is 0 Å². The fraction of sp³-hybridized carbons (Fsp3) is 0.917. The lowest BCUT2D eigenvalue weighted by Crippen LogP contribution is -2.71. The molecule has 5 aliphatic carbocycles. The summed E-state index contributed by atoms with van der Waals surface area (Å²) in [6, 6.07) is 0. The van der Waals surface area contributed by atoms with Crippen molar-refractivity contribution < 1.29 is 50.0 Å². The number of hydrogen-bond donors (Lipinski definition) is 7. The fourth-order valence-electron chi connectivity index (χ4n) is 13.2. The molecule has 6 fully saturated rings. The van der Waals surface area contributed by atoms with Crippen molar-refractivity contribution in [2.45, 2.75) is 142 Å². The van der Waals surface area contributed by atoms with Crippen molar-refractivity contribution >= 4 is 5.97 Å². The van der Waals surface area contributed by atoms with E-state index in [2.05, 4.69) is 27.4 Å². The third kappa shape index (κ3) is 4.46. The summed E-state index contributed by atoms with van der Waals surface area (Å²) in [4.78, 5) is 14.4. The second-order valence-electron chi connectivity index (χ2n) is 17.6. The van der Waals surface area contributed by atoms with Crippen LogP contribution in [-0.2, 0) is 14.3 Å². The number of allylic oxidation sites excluding steroid dienone is 1. The Hall–Kier alpha value is -1.11. The molecule has 5 saturated carbocycles. The molecule has 10 heteroatoms. The van der Waals surface area contributed by atoms with Gasteiger partial charge in [0.25, 0.3) is 0 Å². The van der Waals surface area contributed by atoms with Crippen LogP contribution < -0.4 is 0 Å². The topological polar surface area (TPSA) is 177 Å². The van der Waals surface area contributed by atoms with Gasteiger partial charge in [-0.1, -0.05) is 46.8 Å². The van der Waals surface area contributed by atoms with E-state index >= 15 is 0 Å². The van der Waals surface area contributed by atoms with Gasteiger partial charge in [-0.2, -0.15) is 0 Å². The highest BCUT2D eigenvalue weighted by Gasteiger charge is 2.74. The number of ether oxygens (including phenoxy) is 2. The van der Waals surface area contributed by atoms with Crippen LogP contribution in [0.3, 0.4) is 0 Å². The first kappa shape index (κ1) is 34.7. The van der Waals surface area contributed by atoms with Gasteiger partial charge in [0.2, 0.25) is 6.29 Å². The number of aliphatic hydroxyl groups excluding tert-OH is 7. The number of aliphatic hydroxyl groups is 7. The minimum atomic E-state index is -1.66. The van der Waals surface area contributed by atoms with Gasteiger partial charge in [-0.3, -0.25) is 4.79 Å². The van der Waals surface area contributed by atoms with Crippen LogP contribution in [-0.4, -0.2) is 97.3 Å². The van der Waals surface area contributed by atoms with E-state index in [9.17, 15) is 40.5 Å². The lowest BCUT2D eigenvalue weighted by Gasteiger charge is -2.73. The summed E-state index contributed by atoms with van der Waals surface area (Å²) >= 11 is 0. The van der Waals surface area contributed by atoms with Crippen LogP contribution in [0.5, 0.6) is 0 Å². The molecule has 0 radical (unpaired) electrons. The fourth-order valence-corrected chi connectivity index (χ4v) is 13.2. The molecule has 0 bridgehead atoms. The van der Waals surface area contributed by atoms with Crippen LogP contribution in [0.15, 0.2) is 12.2 Å². The molecule has 0 aromatic heterocycles. The van der Waals surface area contributed by atoms with Crippen molar-refractivity contribution in [2.75, 3.05) is 6.61 Å². The summed E-state index contributed by atoms with van der Waals surface area (Å²) in [7, 11) is 0. The van der Waals surface area contributed by atoms with Gasteiger partial charge in [-0.05, 0) is 110 Å². The number of carbonyl (C=O) groups is 1. The maximum Gasteiger partial charge on any atom is 0.314 e. The Kier molecular flexibility index (Phi) is 8.46. The number of hydrogen-bond acceptors (Lipinski definition) is 10. The molecule has 17 atom stereocenters. The van der Waals surface area contributed by atoms with E-state index in [0.29, 0.717) is 25.7 Å². The van der Waals surface area contributed by atoms with Gasteiger partial charge in [-0.15, -0.1) is 0 Å². The maximum absolute atomic E-state index is 14.4. The van der Waals surface area contributed by atoms with Crippen molar-refractivity contribution in [3.63, 3.8) is 0 Å². The molecule has 0 spiro atoms. The van der Waals surface area contributed by atoms with E-state index in [4.69, 9.17) is 9.47 Å². The number of rotatable bonds is 4. The largest absolute Gasteiger partial charge is 0.432 e. The SMILES string of the molecule is C=C(C)C1CCC2(C(=O)OC3OC(CO)C(O)C(O)C3O)CCC3(C)C(CCC4C5(C)CC(O)C(O)C(C)(C)C5C(O)CC43C)C12. The highest BCUT2D eigenvalue weighted by atomic mass is 16.7. The Morgan fingerprint density at radius 3 is 2.15 bits per heavy atom. The molecular weight excluding hydrogens is 592 g/mol. The average Bonchev–Trinajstić information content (AvgIpc) is 3.37. The van der Waals surface area contributed by atoms with Crippen LogP contribution >= 0.6 is 0 Å². The molecular formula is C36H58O10. The molecule has 262 valence electrons. The highest BCUT2D eigenvalue weighted by molar-refractivity contribution is 5.78. The summed E-state index contributed by atoms with van der Waals surface area (Å²) in [5.74, 6) is -0.335. The van der Waals surface area contributed by atoms with Crippen LogP contribution in [0.1, 0.15) is 92.9 Å². The summed E-state index contributed by atoms with van der Waals surface area (Å²) in [6.07, 6.45) is -4.53. The Morgan fingerprint density at radius 2 is 1.52 bits per heavy atom. The summed E-state index contributed by atoms with van der Waals surface area (Å²) < 4.78 is 11.5. The van der Waals surface area contributed by atoms with Gasteiger partial charge >= 0.3 is 5.97 Å². The van der Waals surface area contributed by atoms with Crippen molar-refractivity contribution in [1.82, 2.24) is 0 Å². The van der Waals surface area contributed by atoms with Gasteiger partial charge in [0.15, 0.2) is 0 Å². The van der Waals surface area contributed by atoms with Gasteiger partial charge in [0.05, 0.1) is 30.3 Å². The highest BCUT2D eigenvalue weighted by Crippen LogP contribution is 2.77. The lowest BCUT2D eigenvalue weighted by molar-refractivity contribution is -0.302. The number of carbonyl (C=O) groups excluding carboxylic acids is 1. The second-order valence-corrected chi connectivity index (χ2v) is 17.6. The van der Waals surface area contributed by atoms with E-state index in [0.717, 1.165) is 31.3 Å². The number of esters is 1. The third-order valence-corrected chi connectivity index (χ3v) is 15.4. The zero-order chi connectivity index (χ0) is 33.9. The molecule has 1 heterocycles. The van der Waals surface area contributed by atoms with Crippen LogP contribution in [0.2, 0.25) is 0 Å². The zero-order valence-corrected chi connectivity index (χ0v) is 28.4. The van der Waals surface area contributed by atoms with Crippen molar-refractivity contribution in [1.29, 1.82) is 0 Å². The molecule has 1 saturated heterocycles. The normalized spacial score (nSPS) is 56.2. The summed E-state index contributed by atoms with van der Waals surface area (Å²) in [5, 5.41) is 75.2. The van der Waals surface area contributed by atoms with Crippen molar-refractivity contribution in [3.8, 4) is 0 Å². The molecule has 0 aromatic carbocycles. The quantitative estimate of drug-likeness (QED) is 0.177. The minimum Gasteiger partial charge on any atom is -0.432 e. The smallest absolute Gasteiger partial charge is 0.314 e. The van der Waals surface area contributed by atoms with E-state index in [1.807, 2.05) is 20.8 Å². The molecule has 10 nitrogen and oxygen atoms in total. The second kappa shape index (κ2) is 11.2. The third-order valence-electron chi connectivity index (χ3n) is 15.4. The molecule has 0 aromatic rings. The van der Waals surface area contributed by atoms with Crippen LogP contribution in [0.4, 0.5) is 0 Å². The summed E-state index contributed by atoms with van der Waals surface area (Å²) in [5.41, 5.74) is -1.42. The van der Waals surface area contributed by atoms with Crippen LogP contribution in [0, 0.1) is 56.7 Å². The van der Waals surface area contributed by atoms with Crippen molar-refractivity contribution in [2.24, 2.45) is 56.7 Å². The molecule has 17 unspecified atom stereocenters. The Balaban J connectivity index is 1.35. The average molecular weight is 651 g/mol. The molecule has 46 heavy (non-hydrogen) atoms. The Morgan fingerprint density at radius 1 is 0.848 bits per heavy atom. The first-order chi connectivity index (χ1) is 21.3. The van der Waals surface area contributed by atoms with Gasteiger partial charge in [0, 0.05) is 0 Å². The first-order valence-electron chi connectivity index (χ1n) is 17.5. The predicted octanol–water partition coefficient (Wildman–Crippen LogP) is 2.29. The van der Waals surface area contributed by atoms with Gasteiger partial charge in [-0.25, -0.2) is 0 Å². The van der Waals surface area contributed by atoms with E-state index in [1.165, 1.54) is 0 Å². The predicted molar refractivity (Wildman–Crippen MR) is 168 cm³/mol. The Labute approximate surface area is 273 Å². The molecule has 7 N–H and O–H groups in total. The summed E-state index contributed by atoms with van der Waals surface area (Å²) in [6.45, 7) is 16.6. The van der Waals surface area contributed by atoms with Gasteiger partial charge < -0.3 is 45.2 Å². The Bertz CT molecular complexity index is 1220. The number of fused-ring (bicyclic) bond motifs is 7. The van der Waals surface area contributed by atoms with E-state index in [-0.39, 0.29) is 45.8 Å². The molecule has 6 rings (SSSR count). The standard InChI is InChI=1S/C36H58O10/c1-17(2)18-10-11-36(31(44)46-30-27(42)26(41)25(40)22(16-37)45-30)13-12-34(6)19(24(18)36)8-9-23-33(5)14-21(39)29(43)32(3,4)28(33)20(38)15-35(23,34)7/h18-30,37-43H,1,8-16H2,2-7H3. The lowest BCUT2D eigenvalue weighted by atomic mass is 9.31.